The van der Waals surface area contributed by atoms with E-state index in [1.165, 1.54) is 7.11 Å². The molecule has 0 spiro atoms. The molecule has 11 nitrogen and oxygen atoms in total. The second kappa shape index (κ2) is 11.6. The van der Waals surface area contributed by atoms with Gasteiger partial charge in [-0.25, -0.2) is 4.79 Å². The van der Waals surface area contributed by atoms with E-state index < -0.39 is 64.7 Å². The predicted octanol–water partition coefficient (Wildman–Crippen LogP) is 5.22. The molecule has 3 aromatic rings. The lowest BCUT2D eigenvalue weighted by atomic mass is 9.49. The number of nitrogens with zero attached hydrogens (tertiary/aromatic N) is 2. The van der Waals surface area contributed by atoms with Crippen LogP contribution in [0, 0.1) is 30.6 Å². The van der Waals surface area contributed by atoms with Gasteiger partial charge in [0.25, 0.3) is 11.8 Å². The molecular formula is C36H32BrN3O8. The zero-order valence-corrected chi connectivity index (χ0v) is 27.9. The van der Waals surface area contributed by atoms with Gasteiger partial charge >= 0.3 is 6.09 Å². The predicted molar refractivity (Wildman–Crippen MR) is 175 cm³/mol. The van der Waals surface area contributed by atoms with Crippen LogP contribution in [0.5, 0.6) is 11.5 Å². The quantitative estimate of drug-likeness (QED) is 0.269. The van der Waals surface area contributed by atoms with Gasteiger partial charge in [-0.1, -0.05) is 59.7 Å². The monoisotopic (exact) mass is 713 g/mol. The van der Waals surface area contributed by atoms with Crippen LogP contribution in [0.4, 0.5) is 10.5 Å². The van der Waals surface area contributed by atoms with Gasteiger partial charge in [-0.15, -0.1) is 0 Å². The van der Waals surface area contributed by atoms with E-state index in [9.17, 15) is 24.3 Å². The second-order valence-electron chi connectivity index (χ2n) is 12.6. The van der Waals surface area contributed by atoms with Crippen molar-refractivity contribution in [1.82, 2.24) is 9.91 Å². The Kier molecular flexibility index (Phi) is 7.66. The lowest BCUT2D eigenvalue weighted by molar-refractivity contribution is -0.140. The minimum absolute atomic E-state index is 0.0689. The van der Waals surface area contributed by atoms with E-state index in [0.29, 0.717) is 31.8 Å². The number of nitrogens with one attached hydrogen (secondary N) is 1. The molecule has 5 amide bonds. The maximum atomic E-state index is 15.2. The highest BCUT2D eigenvalue weighted by Gasteiger charge is 2.70. The van der Waals surface area contributed by atoms with Gasteiger partial charge in [0.2, 0.25) is 11.8 Å². The van der Waals surface area contributed by atoms with Crippen molar-refractivity contribution < 1.29 is 38.6 Å². The van der Waals surface area contributed by atoms with Gasteiger partial charge in [-0.3, -0.25) is 24.6 Å². The number of likely N-dealkylation sites (tertiary alicyclic amines) is 1. The molecule has 48 heavy (non-hydrogen) atoms. The van der Waals surface area contributed by atoms with E-state index in [0.717, 1.165) is 17.7 Å². The van der Waals surface area contributed by atoms with Crippen molar-refractivity contribution in [3.8, 4) is 11.5 Å². The molecule has 4 aliphatic rings. The average Bonchev–Trinajstić information content (AvgIpc) is 3.47. The van der Waals surface area contributed by atoms with Crippen molar-refractivity contribution in [1.29, 1.82) is 0 Å². The van der Waals surface area contributed by atoms with Gasteiger partial charge < -0.3 is 14.6 Å². The number of aromatic hydroxyl groups is 1. The molecule has 2 heterocycles. The largest absolute Gasteiger partial charge is 0.503 e. The number of phenols is 1. The van der Waals surface area contributed by atoms with E-state index in [-0.39, 0.29) is 24.3 Å². The van der Waals surface area contributed by atoms with Crippen LogP contribution in [-0.4, -0.2) is 59.0 Å². The fourth-order valence-corrected chi connectivity index (χ4v) is 8.77. The van der Waals surface area contributed by atoms with Crippen molar-refractivity contribution in [3.63, 3.8) is 0 Å². The number of carbonyl (C=O) groups is 5. The number of hydrazine groups is 1. The van der Waals surface area contributed by atoms with E-state index in [2.05, 4.69) is 21.4 Å². The van der Waals surface area contributed by atoms with Crippen molar-refractivity contribution >= 4 is 51.3 Å². The van der Waals surface area contributed by atoms with Crippen LogP contribution < -0.4 is 10.2 Å². The Morgan fingerprint density at radius 3 is 2.33 bits per heavy atom. The summed E-state index contributed by atoms with van der Waals surface area (Å²) in [5, 5.41) is 11.8. The maximum absolute atomic E-state index is 15.2. The van der Waals surface area contributed by atoms with E-state index in [1.54, 1.807) is 24.3 Å². The lowest BCUT2D eigenvalue weighted by Crippen LogP contribution is -2.53. The number of carbonyl (C=O) groups excluding carboxylic acids is 5. The van der Waals surface area contributed by atoms with Crippen molar-refractivity contribution in [3.05, 3.63) is 99.5 Å². The van der Waals surface area contributed by atoms with Gasteiger partial charge in [-0.2, -0.15) is 9.91 Å². The molecule has 7 rings (SSSR count). The summed E-state index contributed by atoms with van der Waals surface area (Å²) in [4.78, 5) is 70.3. The topological polar surface area (TPSA) is 143 Å². The number of fused-ring (bicyclic) bond motifs is 4. The van der Waals surface area contributed by atoms with Gasteiger partial charge in [0, 0.05) is 5.92 Å². The summed E-state index contributed by atoms with van der Waals surface area (Å²) < 4.78 is 10.6. The molecule has 2 aliphatic carbocycles. The van der Waals surface area contributed by atoms with Crippen LogP contribution in [-0.2, 0) is 29.3 Å². The molecule has 2 N–H and O–H groups in total. The Hall–Kier alpha value is -4.97. The second-order valence-corrected chi connectivity index (χ2v) is 13.5. The number of ether oxygens (including phenoxy) is 2. The zero-order chi connectivity index (χ0) is 34.1. The highest BCUT2D eigenvalue weighted by Crippen LogP contribution is 2.64. The Morgan fingerprint density at radius 2 is 1.67 bits per heavy atom. The van der Waals surface area contributed by atoms with Crippen LogP contribution >= 0.6 is 15.9 Å². The van der Waals surface area contributed by atoms with E-state index in [4.69, 9.17) is 9.47 Å². The summed E-state index contributed by atoms with van der Waals surface area (Å²) in [5.74, 6) is -6.56. The summed E-state index contributed by atoms with van der Waals surface area (Å²) in [6.45, 7) is 1.93. The van der Waals surface area contributed by atoms with E-state index in [1.807, 2.05) is 55.5 Å². The van der Waals surface area contributed by atoms with Crippen LogP contribution in [0.25, 0.3) is 0 Å². The van der Waals surface area contributed by atoms with Crippen molar-refractivity contribution in [2.24, 2.45) is 23.7 Å². The fraction of sp³-hybridized carbons (Fsp3) is 0.306. The number of hydrogen-bond donors (Lipinski definition) is 2. The molecule has 246 valence electrons. The Morgan fingerprint density at radius 1 is 0.958 bits per heavy atom. The van der Waals surface area contributed by atoms with E-state index >= 15 is 4.79 Å². The van der Waals surface area contributed by atoms with Gasteiger partial charge in [-0.05, 0) is 77.0 Å². The SMILES string of the molecule is COC(=O)N1C(=O)C2CC=C3C(CC4C(=O)N(Nc5ccc(C)cc5)C(=O)C4(c4ccccc4)C3c3cc(Br)c(O)c(OC)c3)C2C1=O. The molecule has 12 heteroatoms. The van der Waals surface area contributed by atoms with Crippen molar-refractivity contribution in [2.45, 2.75) is 31.1 Å². The summed E-state index contributed by atoms with van der Waals surface area (Å²) in [6.07, 6.45) is 1.04. The number of phenolic OH excluding ortho intramolecular Hbond substituents is 1. The van der Waals surface area contributed by atoms with Gasteiger partial charge in [0.1, 0.15) is 0 Å². The van der Waals surface area contributed by atoms with Crippen molar-refractivity contribution in [2.75, 3.05) is 19.6 Å². The molecule has 1 saturated carbocycles. The number of aryl methyl sites for hydroxylation is 1. The molecule has 3 aromatic carbocycles. The zero-order valence-electron chi connectivity index (χ0n) is 26.3. The maximum Gasteiger partial charge on any atom is 0.423 e. The summed E-state index contributed by atoms with van der Waals surface area (Å²) >= 11 is 3.44. The number of anilines is 1. The molecule has 6 atom stereocenters. The van der Waals surface area contributed by atoms with Crippen LogP contribution in [0.2, 0.25) is 0 Å². The lowest BCUT2D eigenvalue weighted by Gasteiger charge is -2.50. The molecule has 3 fully saturated rings. The molecule has 2 aliphatic heterocycles. The number of halogens is 1. The number of imide groups is 4. The number of benzene rings is 3. The van der Waals surface area contributed by atoms with Crippen LogP contribution in [0.15, 0.2) is 82.9 Å². The highest BCUT2D eigenvalue weighted by molar-refractivity contribution is 9.10. The average molecular weight is 715 g/mol. The van der Waals surface area contributed by atoms with Gasteiger partial charge in [0.15, 0.2) is 11.5 Å². The number of amides is 5. The Balaban J connectivity index is 1.47. The molecule has 0 radical (unpaired) electrons. The minimum atomic E-state index is -1.50. The summed E-state index contributed by atoms with van der Waals surface area (Å²) in [5.41, 5.74) is 4.95. The first-order chi connectivity index (χ1) is 23.0. The fourth-order valence-electron chi connectivity index (χ4n) is 8.31. The highest BCUT2D eigenvalue weighted by atomic mass is 79.9. The standard InChI is InChI=1S/C36H32BrN3O8/c1-18-9-11-21(12-10-18)38-40-32(43)25-17-24-22(13-14-23-28(24)33(44)39(31(23)42)35(46)48-3)29(19-15-26(37)30(41)27(16-19)47-2)36(25,34(40)45)20-7-5-4-6-8-20/h4-13,15-16,23-25,28-29,38,41H,14,17H2,1-3H3. The molecule has 0 bridgehead atoms. The Labute approximate surface area is 284 Å². The van der Waals surface area contributed by atoms with Gasteiger partial charge in [0.05, 0.1) is 47.5 Å². The summed E-state index contributed by atoms with van der Waals surface area (Å²) in [7, 11) is 2.52. The third-order valence-electron chi connectivity index (χ3n) is 10.4. The normalized spacial score (nSPS) is 27.7. The minimum Gasteiger partial charge on any atom is -0.503 e. The third-order valence-corrected chi connectivity index (χ3v) is 11.0. The molecule has 0 aromatic heterocycles. The number of methoxy groups -OCH3 is 2. The Bertz CT molecular complexity index is 1910. The first kappa shape index (κ1) is 31.6. The third kappa shape index (κ3) is 4.42. The number of rotatable bonds is 5. The molecular weight excluding hydrogens is 682 g/mol. The van der Waals surface area contributed by atoms with Crippen LogP contribution in [0.3, 0.4) is 0 Å². The van der Waals surface area contributed by atoms with Crippen LogP contribution in [0.1, 0.15) is 35.4 Å². The summed E-state index contributed by atoms with van der Waals surface area (Å²) in [6, 6.07) is 19.7. The number of hydrogen-bond acceptors (Lipinski definition) is 9. The first-order valence-electron chi connectivity index (χ1n) is 15.5. The molecule has 2 saturated heterocycles. The number of allylic oxidation sites excluding steroid dienone is 2. The first-order valence-corrected chi connectivity index (χ1v) is 16.3. The molecule has 6 unspecified atom stereocenters. The smallest absolute Gasteiger partial charge is 0.423 e.